The number of carbonyl (C=O) groups excluding carboxylic acids is 2. The molecule has 6 nitrogen and oxygen atoms in total. The summed E-state index contributed by atoms with van der Waals surface area (Å²) in [6.07, 6.45) is 1.45. The van der Waals surface area contributed by atoms with Gasteiger partial charge in [0.05, 0.1) is 11.5 Å². The van der Waals surface area contributed by atoms with Crippen LogP contribution in [0.25, 0.3) is 0 Å². The zero-order valence-electron chi connectivity index (χ0n) is 13.4. The molecule has 1 fully saturated rings. The molecular formula is C18H14ClN3O3S. The third-order valence-corrected chi connectivity index (χ3v) is 4.92. The molecule has 1 saturated heterocycles. The van der Waals surface area contributed by atoms with Crippen LogP contribution in [-0.4, -0.2) is 33.4 Å². The molecule has 0 aromatic heterocycles. The van der Waals surface area contributed by atoms with Crippen molar-refractivity contribution < 1.29 is 14.7 Å². The van der Waals surface area contributed by atoms with Gasteiger partial charge in [0.25, 0.3) is 0 Å². The van der Waals surface area contributed by atoms with Gasteiger partial charge in [-0.1, -0.05) is 35.5 Å². The first-order valence-electron chi connectivity index (χ1n) is 7.68. The van der Waals surface area contributed by atoms with Crippen LogP contribution >= 0.6 is 23.4 Å². The maximum Gasteiger partial charge on any atom is 0.240 e. The number of amidine groups is 1. The second kappa shape index (κ2) is 8.16. The van der Waals surface area contributed by atoms with E-state index in [0.717, 1.165) is 11.8 Å². The predicted octanol–water partition coefficient (Wildman–Crippen LogP) is 3.24. The summed E-state index contributed by atoms with van der Waals surface area (Å²) in [6, 6.07) is 13.2. The summed E-state index contributed by atoms with van der Waals surface area (Å²) in [6.45, 7) is 0. The summed E-state index contributed by atoms with van der Waals surface area (Å²) in [5.41, 5.74) is 1.02. The second-order valence-electron chi connectivity index (χ2n) is 5.44. The lowest BCUT2D eigenvalue weighted by Gasteiger charge is -2.04. The van der Waals surface area contributed by atoms with Crippen molar-refractivity contribution in [2.75, 3.05) is 0 Å². The summed E-state index contributed by atoms with van der Waals surface area (Å²) >= 11 is 6.96. The van der Waals surface area contributed by atoms with Crippen molar-refractivity contribution in [3.8, 4) is 5.75 Å². The van der Waals surface area contributed by atoms with Crippen molar-refractivity contribution in [2.24, 2.45) is 10.2 Å². The highest BCUT2D eigenvalue weighted by atomic mass is 35.5. The molecule has 0 spiro atoms. The second-order valence-corrected chi connectivity index (χ2v) is 7.07. The topological polar surface area (TPSA) is 91.1 Å². The first kappa shape index (κ1) is 18.2. The van der Waals surface area contributed by atoms with Gasteiger partial charge in [0.15, 0.2) is 11.0 Å². The number of hydrogen-bond acceptors (Lipinski definition) is 6. The van der Waals surface area contributed by atoms with Gasteiger partial charge in [-0.2, -0.15) is 5.10 Å². The summed E-state index contributed by atoms with van der Waals surface area (Å²) in [7, 11) is 0. The number of rotatable bonds is 5. The molecule has 2 aromatic carbocycles. The Kier molecular flexibility index (Phi) is 5.70. The number of halogens is 1. The molecule has 1 aliphatic heterocycles. The smallest absolute Gasteiger partial charge is 0.240 e. The number of aromatic hydroxyl groups is 1. The standard InChI is InChI=1S/C18H14ClN3O3S/c19-13-7-5-11(6-8-13)15(24)9-16-17(25)21-18(26-16)22-20-10-12-3-1-2-4-14(12)23/h1-8,10,16,23H,9H2,(H,21,22,25)/b20-10+. The van der Waals surface area contributed by atoms with E-state index >= 15 is 0 Å². The fourth-order valence-electron chi connectivity index (χ4n) is 2.25. The molecule has 1 amide bonds. The van der Waals surface area contributed by atoms with Crippen LogP contribution in [0.4, 0.5) is 0 Å². The van der Waals surface area contributed by atoms with Gasteiger partial charge in [-0.3, -0.25) is 9.59 Å². The number of benzene rings is 2. The Morgan fingerprint density at radius 2 is 1.96 bits per heavy atom. The van der Waals surface area contributed by atoms with E-state index < -0.39 is 5.25 Å². The monoisotopic (exact) mass is 387 g/mol. The molecule has 0 bridgehead atoms. The average Bonchev–Trinajstić information content (AvgIpc) is 2.96. The number of ketones is 1. The molecule has 1 aliphatic rings. The lowest BCUT2D eigenvalue weighted by molar-refractivity contribution is -0.118. The minimum Gasteiger partial charge on any atom is -0.507 e. The fraction of sp³-hybridized carbons (Fsp3) is 0.111. The molecule has 8 heteroatoms. The Hall–Kier alpha value is -2.64. The van der Waals surface area contributed by atoms with E-state index in [4.69, 9.17) is 11.6 Å². The van der Waals surface area contributed by atoms with Gasteiger partial charge in [0.1, 0.15) is 5.75 Å². The van der Waals surface area contributed by atoms with Gasteiger partial charge < -0.3 is 10.4 Å². The number of hydrogen-bond donors (Lipinski definition) is 2. The van der Waals surface area contributed by atoms with Crippen LogP contribution in [0.1, 0.15) is 22.3 Å². The number of carbonyl (C=O) groups is 2. The average molecular weight is 388 g/mol. The largest absolute Gasteiger partial charge is 0.507 e. The van der Waals surface area contributed by atoms with Crippen LogP contribution in [0.5, 0.6) is 5.75 Å². The third kappa shape index (κ3) is 4.50. The highest BCUT2D eigenvalue weighted by Crippen LogP contribution is 2.24. The maximum atomic E-state index is 12.3. The number of phenolic OH excluding ortho intramolecular Hbond substituents is 1. The van der Waals surface area contributed by atoms with Crippen LogP contribution in [0.2, 0.25) is 5.02 Å². The molecule has 0 saturated carbocycles. The van der Waals surface area contributed by atoms with Crippen molar-refractivity contribution in [3.05, 3.63) is 64.7 Å². The number of nitrogens with one attached hydrogen (secondary N) is 1. The predicted molar refractivity (Wildman–Crippen MR) is 103 cm³/mol. The minimum atomic E-state index is -0.558. The number of thioether (sulfide) groups is 1. The van der Waals surface area contributed by atoms with Crippen molar-refractivity contribution >= 4 is 46.4 Å². The van der Waals surface area contributed by atoms with E-state index in [9.17, 15) is 14.7 Å². The van der Waals surface area contributed by atoms with Crippen LogP contribution in [0.3, 0.4) is 0 Å². The summed E-state index contributed by atoms with van der Waals surface area (Å²) < 4.78 is 0. The van der Waals surface area contributed by atoms with E-state index in [1.807, 2.05) is 0 Å². The van der Waals surface area contributed by atoms with E-state index in [1.54, 1.807) is 48.5 Å². The highest BCUT2D eigenvalue weighted by Gasteiger charge is 2.32. The van der Waals surface area contributed by atoms with Crippen LogP contribution in [0, 0.1) is 0 Å². The van der Waals surface area contributed by atoms with E-state index in [1.165, 1.54) is 6.21 Å². The Labute approximate surface area is 159 Å². The quantitative estimate of drug-likeness (QED) is 0.468. The first-order chi connectivity index (χ1) is 12.5. The van der Waals surface area contributed by atoms with E-state index in [0.29, 0.717) is 21.3 Å². The van der Waals surface area contributed by atoms with Crippen molar-refractivity contribution in [1.82, 2.24) is 5.32 Å². The van der Waals surface area contributed by atoms with Crippen LogP contribution in [0.15, 0.2) is 58.7 Å². The SMILES string of the molecule is O=C(CC1S/C(=N/N=C/c2ccccc2O)NC1=O)c1ccc(Cl)cc1. The third-order valence-electron chi connectivity index (χ3n) is 3.60. The van der Waals surface area contributed by atoms with Gasteiger partial charge in [-0.25, -0.2) is 0 Å². The zero-order valence-corrected chi connectivity index (χ0v) is 15.0. The molecule has 2 N–H and O–H groups in total. The van der Waals surface area contributed by atoms with E-state index in [-0.39, 0.29) is 23.9 Å². The Balaban J connectivity index is 1.62. The van der Waals surface area contributed by atoms with Gasteiger partial charge >= 0.3 is 0 Å². The van der Waals surface area contributed by atoms with Crippen LogP contribution < -0.4 is 5.32 Å². The fourth-order valence-corrected chi connectivity index (χ4v) is 3.30. The van der Waals surface area contributed by atoms with E-state index in [2.05, 4.69) is 15.5 Å². The molecule has 1 atom stereocenters. The van der Waals surface area contributed by atoms with Crippen LogP contribution in [-0.2, 0) is 4.79 Å². The van der Waals surface area contributed by atoms with Gasteiger partial charge in [0, 0.05) is 22.6 Å². The number of para-hydroxylation sites is 1. The Morgan fingerprint density at radius 3 is 2.69 bits per heavy atom. The van der Waals surface area contributed by atoms with Gasteiger partial charge in [0.2, 0.25) is 5.91 Å². The minimum absolute atomic E-state index is 0.0559. The van der Waals surface area contributed by atoms with Crippen molar-refractivity contribution in [3.63, 3.8) is 0 Å². The normalized spacial score (nSPS) is 18.4. The van der Waals surface area contributed by atoms with Crippen molar-refractivity contribution in [1.29, 1.82) is 0 Å². The summed E-state index contributed by atoms with van der Waals surface area (Å²) in [5.74, 6) is -0.340. The zero-order chi connectivity index (χ0) is 18.5. The summed E-state index contributed by atoms with van der Waals surface area (Å²) in [4.78, 5) is 24.3. The maximum absolute atomic E-state index is 12.3. The van der Waals surface area contributed by atoms with Gasteiger partial charge in [-0.05, 0) is 36.4 Å². The molecule has 1 heterocycles. The van der Waals surface area contributed by atoms with Crippen molar-refractivity contribution in [2.45, 2.75) is 11.7 Å². The molecular weight excluding hydrogens is 374 g/mol. The lowest BCUT2D eigenvalue weighted by Crippen LogP contribution is -2.26. The Morgan fingerprint density at radius 1 is 1.23 bits per heavy atom. The van der Waals surface area contributed by atoms with Gasteiger partial charge in [-0.15, -0.1) is 5.10 Å². The molecule has 26 heavy (non-hydrogen) atoms. The molecule has 132 valence electrons. The molecule has 0 aliphatic carbocycles. The molecule has 1 unspecified atom stereocenters. The number of amides is 1. The lowest BCUT2D eigenvalue weighted by atomic mass is 10.1. The summed E-state index contributed by atoms with van der Waals surface area (Å²) in [5, 5.41) is 20.3. The molecule has 2 aromatic rings. The molecule has 3 rings (SSSR count). The highest BCUT2D eigenvalue weighted by molar-refractivity contribution is 8.15. The first-order valence-corrected chi connectivity index (χ1v) is 8.94. The number of phenols is 1. The number of nitrogens with zero attached hydrogens (tertiary/aromatic N) is 2. The Bertz CT molecular complexity index is 897. The molecule has 0 radical (unpaired) electrons. The number of Topliss-reactive ketones (excluding diaryl/α,β-unsaturated/α-hetero) is 1.